The molecule has 1 aromatic carbocycles. The lowest BCUT2D eigenvalue weighted by Crippen LogP contribution is -2.29. The van der Waals surface area contributed by atoms with E-state index in [2.05, 4.69) is 4.98 Å². The predicted molar refractivity (Wildman–Crippen MR) is 72.7 cm³/mol. The summed E-state index contributed by atoms with van der Waals surface area (Å²) in [6.07, 6.45) is 1.91. The quantitative estimate of drug-likeness (QED) is 0.645. The van der Waals surface area contributed by atoms with E-state index in [1.807, 2.05) is 6.07 Å². The van der Waals surface area contributed by atoms with Crippen LogP contribution in [0.4, 0.5) is 0 Å². The van der Waals surface area contributed by atoms with Crippen molar-refractivity contribution < 1.29 is 9.53 Å². The van der Waals surface area contributed by atoms with Crippen LogP contribution in [0, 0.1) is 0 Å². The summed E-state index contributed by atoms with van der Waals surface area (Å²) in [7, 11) is 0. The van der Waals surface area contributed by atoms with Gasteiger partial charge in [-0.2, -0.15) is 0 Å². The summed E-state index contributed by atoms with van der Waals surface area (Å²) in [4.78, 5) is 36.1. The fourth-order valence-corrected chi connectivity index (χ4v) is 1.68. The Hall–Kier alpha value is -2.63. The monoisotopic (exact) mass is 274 g/mol. The van der Waals surface area contributed by atoms with E-state index in [0.29, 0.717) is 18.5 Å². The lowest BCUT2D eigenvalue weighted by molar-refractivity contribution is 0.0495. The first-order valence-electron chi connectivity index (χ1n) is 6.19. The molecule has 104 valence electrons. The number of aromatic nitrogens is 2. The Labute approximate surface area is 114 Å². The fourth-order valence-electron chi connectivity index (χ4n) is 1.68. The van der Waals surface area contributed by atoms with Gasteiger partial charge in [-0.3, -0.25) is 9.78 Å². The summed E-state index contributed by atoms with van der Waals surface area (Å²) in [6.45, 7) is 0.580. The molecule has 0 aliphatic heterocycles. The fraction of sp³-hybridized carbons (Fsp3) is 0.214. The van der Waals surface area contributed by atoms with Gasteiger partial charge in [0.2, 0.25) is 0 Å². The number of nitrogens with zero attached hydrogens (tertiary/aromatic N) is 1. The van der Waals surface area contributed by atoms with E-state index in [4.69, 9.17) is 4.74 Å². The van der Waals surface area contributed by atoms with Crippen molar-refractivity contribution in [1.29, 1.82) is 0 Å². The Balaban J connectivity index is 1.81. The smallest absolute Gasteiger partial charge is 0.338 e. The third-order valence-corrected chi connectivity index (χ3v) is 2.68. The zero-order valence-corrected chi connectivity index (χ0v) is 10.7. The van der Waals surface area contributed by atoms with E-state index >= 15 is 0 Å². The Morgan fingerprint density at radius 2 is 1.90 bits per heavy atom. The van der Waals surface area contributed by atoms with Gasteiger partial charge in [0.15, 0.2) is 0 Å². The van der Waals surface area contributed by atoms with Gasteiger partial charge < -0.3 is 9.30 Å². The van der Waals surface area contributed by atoms with Crippen LogP contribution in [0.2, 0.25) is 0 Å². The number of H-pyrrole nitrogens is 1. The van der Waals surface area contributed by atoms with E-state index in [0.717, 1.165) is 0 Å². The van der Waals surface area contributed by atoms with Crippen LogP contribution in [0.15, 0.2) is 52.2 Å². The first-order chi connectivity index (χ1) is 9.66. The molecule has 0 unspecified atom stereocenters. The molecule has 0 spiro atoms. The van der Waals surface area contributed by atoms with E-state index in [9.17, 15) is 14.4 Å². The maximum atomic E-state index is 11.6. The van der Waals surface area contributed by atoms with Crippen LogP contribution in [-0.4, -0.2) is 22.1 Å². The molecule has 0 saturated carbocycles. The van der Waals surface area contributed by atoms with Crippen LogP contribution < -0.4 is 11.2 Å². The zero-order valence-electron chi connectivity index (χ0n) is 10.7. The topological polar surface area (TPSA) is 81.2 Å². The lowest BCUT2D eigenvalue weighted by atomic mass is 10.2. The number of esters is 1. The molecule has 1 N–H and O–H groups in total. The largest absolute Gasteiger partial charge is 0.462 e. The SMILES string of the molecule is O=C(OCCCn1ccc(=O)[nH]c1=O)c1ccccc1. The number of ether oxygens (including phenoxy) is 1. The first-order valence-corrected chi connectivity index (χ1v) is 6.19. The highest BCUT2D eigenvalue weighted by Crippen LogP contribution is 2.01. The molecule has 1 heterocycles. The minimum atomic E-state index is -0.466. The number of rotatable bonds is 5. The molecule has 6 nitrogen and oxygen atoms in total. The van der Waals surface area contributed by atoms with Crippen LogP contribution in [0.25, 0.3) is 0 Å². The van der Waals surface area contributed by atoms with Crippen molar-refractivity contribution in [1.82, 2.24) is 9.55 Å². The molecule has 0 amide bonds. The van der Waals surface area contributed by atoms with E-state index in [1.54, 1.807) is 24.3 Å². The molecule has 0 bridgehead atoms. The lowest BCUT2D eigenvalue weighted by Gasteiger charge is -2.06. The van der Waals surface area contributed by atoms with Crippen molar-refractivity contribution in [3.05, 3.63) is 69.0 Å². The van der Waals surface area contributed by atoms with Crippen LogP contribution in [-0.2, 0) is 11.3 Å². The average Bonchev–Trinajstić information content (AvgIpc) is 2.46. The second-order valence-corrected chi connectivity index (χ2v) is 4.16. The number of hydrogen-bond acceptors (Lipinski definition) is 4. The summed E-state index contributed by atoms with van der Waals surface area (Å²) in [5, 5.41) is 0. The maximum Gasteiger partial charge on any atom is 0.338 e. The van der Waals surface area contributed by atoms with Crippen molar-refractivity contribution in [3.63, 3.8) is 0 Å². The van der Waals surface area contributed by atoms with Gasteiger partial charge in [0.1, 0.15) is 0 Å². The van der Waals surface area contributed by atoms with Gasteiger partial charge in [-0.1, -0.05) is 18.2 Å². The van der Waals surface area contributed by atoms with Crippen molar-refractivity contribution in [2.45, 2.75) is 13.0 Å². The second kappa shape index (κ2) is 6.51. The molecule has 2 rings (SSSR count). The predicted octanol–water partition coefficient (Wildman–Crippen LogP) is 0.784. The molecule has 20 heavy (non-hydrogen) atoms. The van der Waals surface area contributed by atoms with Gasteiger partial charge >= 0.3 is 11.7 Å². The van der Waals surface area contributed by atoms with Crippen molar-refractivity contribution >= 4 is 5.97 Å². The summed E-state index contributed by atoms with van der Waals surface area (Å²) in [6, 6.07) is 9.97. The minimum Gasteiger partial charge on any atom is -0.462 e. The van der Waals surface area contributed by atoms with E-state index in [-0.39, 0.29) is 12.6 Å². The van der Waals surface area contributed by atoms with Gasteiger partial charge in [0.25, 0.3) is 5.56 Å². The summed E-state index contributed by atoms with van der Waals surface area (Å²) in [5.74, 6) is -0.389. The average molecular weight is 274 g/mol. The van der Waals surface area contributed by atoms with E-state index < -0.39 is 11.2 Å². The number of aryl methyl sites for hydroxylation is 1. The number of nitrogens with one attached hydrogen (secondary N) is 1. The molecular formula is C14H14N2O4. The Kier molecular flexibility index (Phi) is 4.49. The molecule has 0 aliphatic rings. The highest BCUT2D eigenvalue weighted by atomic mass is 16.5. The normalized spacial score (nSPS) is 10.2. The first kappa shape index (κ1) is 13.8. The van der Waals surface area contributed by atoms with Crippen LogP contribution >= 0.6 is 0 Å². The molecule has 0 fully saturated rings. The van der Waals surface area contributed by atoms with Crippen molar-refractivity contribution in [3.8, 4) is 0 Å². The molecule has 6 heteroatoms. The number of benzene rings is 1. The van der Waals surface area contributed by atoms with Crippen LogP contribution in [0.1, 0.15) is 16.8 Å². The van der Waals surface area contributed by atoms with Crippen LogP contribution in [0.3, 0.4) is 0 Å². The molecule has 2 aromatic rings. The van der Waals surface area contributed by atoms with Gasteiger partial charge in [-0.15, -0.1) is 0 Å². The highest BCUT2D eigenvalue weighted by Gasteiger charge is 2.05. The molecule has 1 aromatic heterocycles. The molecule has 0 aliphatic carbocycles. The van der Waals surface area contributed by atoms with Gasteiger partial charge in [-0.05, 0) is 18.6 Å². The van der Waals surface area contributed by atoms with Crippen molar-refractivity contribution in [2.75, 3.05) is 6.61 Å². The maximum absolute atomic E-state index is 11.6. The Bertz CT molecular complexity index is 688. The number of carbonyl (C=O) groups is 1. The minimum absolute atomic E-state index is 0.208. The van der Waals surface area contributed by atoms with E-state index in [1.165, 1.54) is 16.8 Å². The summed E-state index contributed by atoms with van der Waals surface area (Å²) in [5.41, 5.74) is -0.401. The van der Waals surface area contributed by atoms with Crippen molar-refractivity contribution in [2.24, 2.45) is 0 Å². The van der Waals surface area contributed by atoms with Gasteiger partial charge in [0.05, 0.1) is 12.2 Å². The highest BCUT2D eigenvalue weighted by molar-refractivity contribution is 5.89. The second-order valence-electron chi connectivity index (χ2n) is 4.16. The zero-order chi connectivity index (χ0) is 14.4. The van der Waals surface area contributed by atoms with Gasteiger partial charge in [0, 0.05) is 18.8 Å². The van der Waals surface area contributed by atoms with Crippen LogP contribution in [0.5, 0.6) is 0 Å². The number of aromatic amines is 1. The molecular weight excluding hydrogens is 260 g/mol. The third kappa shape index (κ3) is 3.68. The number of carbonyl (C=O) groups excluding carboxylic acids is 1. The molecule has 0 atom stereocenters. The third-order valence-electron chi connectivity index (χ3n) is 2.68. The number of hydrogen-bond donors (Lipinski definition) is 1. The van der Waals surface area contributed by atoms with Gasteiger partial charge in [-0.25, -0.2) is 9.59 Å². The Morgan fingerprint density at radius 3 is 2.60 bits per heavy atom. The Morgan fingerprint density at radius 1 is 1.15 bits per heavy atom. The molecule has 0 saturated heterocycles. The summed E-state index contributed by atoms with van der Waals surface area (Å²) >= 11 is 0. The molecule has 0 radical (unpaired) electrons. The standard InChI is InChI=1S/C14H14N2O4/c17-12-7-9-16(14(19)15-12)8-4-10-20-13(18)11-5-2-1-3-6-11/h1-3,5-7,9H,4,8,10H2,(H,15,17,19). The summed E-state index contributed by atoms with van der Waals surface area (Å²) < 4.78 is 6.45.